The van der Waals surface area contributed by atoms with E-state index in [4.69, 9.17) is 99.5 Å². The Hall–Kier alpha value is -3.22. The summed E-state index contributed by atoms with van der Waals surface area (Å²) in [4.78, 5) is 25.2. The fraction of sp³-hybridized carbons (Fsp3) is 0.971. The van der Waals surface area contributed by atoms with Crippen molar-refractivity contribution in [3.8, 4) is 0 Å². The molecule has 58 heteroatoms. The number of carbonyl (C=O) groups is 2. The SMILES string of the molecule is CC(=O)N[C@H]1[C@H](O[C@H]2[C@H](O)[C@H](NC(C)=O)C(O)O[C@@H]2CO)O[C@H](CO)[C@@H](O[C@@H]2O[C@H](CO[C@H]3O[C@H](CO)[C@@H](O)[C@H](O[C@H]4O[C@H](CO)[C@@H](O)[C@H](O)[C@@H]4O)[C@@H]3O)[C@@H](O)[C@H](O[C@H]3O[C@H](CO)[C@@H](O)[C@H](O)[C@@H]3O[C@H]3O[C@H](CO)[C@@H](O)[C@H](O)[C@@H]3O[C@H]3O[C@H](CO)[C@@H](O)[C@H](O[C@H]4O[C@H](CO)[C@@H](O)[C@H](O[C@H]5O[C@H](CO)[C@@H](O)[C@H](O)[C@H]5O[C@H]5O[C@H](CO)[C@@H](O)[C@H](O)[C@H]5O)[C@H]4O)[C@@H]3O)[C@@H]2O)[C@@H]1O. The van der Waals surface area contributed by atoms with Gasteiger partial charge in [0, 0.05) is 13.8 Å². The van der Waals surface area contributed by atoms with E-state index < -0.39 is 422 Å². The first-order valence-corrected chi connectivity index (χ1v) is 40.7. The van der Waals surface area contributed by atoms with Crippen molar-refractivity contribution in [3.63, 3.8) is 0 Å². The molecule has 0 aromatic heterocycles. The number of hydrogen-bond acceptors (Lipinski definition) is 56. The third-order valence-electron chi connectivity index (χ3n) is 23.8. The quantitative estimate of drug-likeness (QED) is 0.0290. The molecule has 1 unspecified atom stereocenters. The van der Waals surface area contributed by atoms with Crippen molar-refractivity contribution in [2.24, 2.45) is 0 Å². The van der Waals surface area contributed by atoms with Crippen LogP contribution in [0.25, 0.3) is 0 Å². The van der Waals surface area contributed by atoms with Gasteiger partial charge >= 0.3 is 0 Å². The van der Waals surface area contributed by atoms with Crippen molar-refractivity contribution in [2.45, 2.75) is 351 Å². The van der Waals surface area contributed by atoms with Crippen LogP contribution in [-0.4, -0.2) is 591 Å². The van der Waals surface area contributed by atoms with Gasteiger partial charge in [-0.3, -0.25) is 9.59 Å². The van der Waals surface area contributed by atoms with E-state index in [0.717, 1.165) is 13.8 Å². The van der Waals surface area contributed by atoms with Crippen LogP contribution in [0, 0.1) is 0 Å². The van der Waals surface area contributed by atoms with Gasteiger partial charge in [0.2, 0.25) is 11.8 Å². The molecule has 0 saturated carbocycles. The molecule has 11 aliphatic rings. The molecule has 2 amide bonds. The molecule has 0 spiro atoms. The predicted molar refractivity (Wildman–Crippen MR) is 386 cm³/mol. The molecule has 11 fully saturated rings. The molecule has 35 N–H and O–H groups in total. The Morgan fingerprint density at radius 3 is 0.758 bits per heavy atom. The second-order valence-electron chi connectivity index (χ2n) is 32.3. The van der Waals surface area contributed by atoms with Gasteiger partial charge in [0.05, 0.1) is 72.7 Å². The van der Waals surface area contributed by atoms with E-state index in [2.05, 4.69) is 10.6 Å². The zero-order valence-corrected chi connectivity index (χ0v) is 67.7. The molecule has 0 aromatic rings. The molecule has 0 bridgehead atoms. The molecule has 11 rings (SSSR count). The average Bonchev–Trinajstić information content (AvgIpc) is 0.764. The lowest BCUT2D eigenvalue weighted by atomic mass is 9.94. The van der Waals surface area contributed by atoms with Crippen LogP contribution in [0.5, 0.6) is 0 Å². The van der Waals surface area contributed by atoms with Crippen LogP contribution in [0.2, 0.25) is 0 Å². The number of hydrogen-bond donors (Lipinski definition) is 35. The van der Waals surface area contributed by atoms with Gasteiger partial charge in [-0.1, -0.05) is 0 Å². The third-order valence-corrected chi connectivity index (χ3v) is 23.8. The molecule has 11 aliphatic heterocycles. The molecule has 128 heavy (non-hydrogen) atoms. The van der Waals surface area contributed by atoms with Gasteiger partial charge in [-0.25, -0.2) is 0 Å². The predicted octanol–water partition coefficient (Wildman–Crippen LogP) is -24.7. The topological polar surface area (TPSA) is 920 Å². The Morgan fingerprint density at radius 1 is 0.203 bits per heavy atom. The Bertz CT molecular complexity index is 3390. The van der Waals surface area contributed by atoms with E-state index in [1.165, 1.54) is 0 Å². The molecule has 11 heterocycles. The van der Waals surface area contributed by atoms with E-state index in [0.29, 0.717) is 0 Å². The zero-order chi connectivity index (χ0) is 94.0. The smallest absolute Gasteiger partial charge is 0.217 e. The summed E-state index contributed by atoms with van der Waals surface area (Å²) < 4.78 is 123. The zero-order valence-electron chi connectivity index (χ0n) is 67.7. The highest BCUT2D eigenvalue weighted by atomic mass is 16.8. The minimum absolute atomic E-state index is 0.806. The molecular formula is C70H118N2O56. The summed E-state index contributed by atoms with van der Waals surface area (Å²) in [6.45, 7) is -10.7. The van der Waals surface area contributed by atoms with Gasteiger partial charge in [0.15, 0.2) is 69.2 Å². The average molecular weight is 1880 g/mol. The van der Waals surface area contributed by atoms with E-state index in [-0.39, 0.29) is 0 Å². The molecular weight excluding hydrogens is 1760 g/mol. The minimum atomic E-state index is -2.64. The number of rotatable bonds is 33. The van der Waals surface area contributed by atoms with Crippen LogP contribution in [-0.2, 0) is 109 Å². The van der Waals surface area contributed by atoms with Crippen LogP contribution < -0.4 is 10.6 Å². The summed E-state index contributed by atoms with van der Waals surface area (Å²) >= 11 is 0. The van der Waals surface area contributed by atoms with Gasteiger partial charge in [0.25, 0.3) is 0 Å². The van der Waals surface area contributed by atoms with Gasteiger partial charge in [-0.15, -0.1) is 0 Å². The van der Waals surface area contributed by atoms with Crippen LogP contribution in [0.1, 0.15) is 13.8 Å². The fourth-order valence-corrected chi connectivity index (χ4v) is 16.6. The number of amides is 2. The van der Waals surface area contributed by atoms with Gasteiger partial charge in [-0.2, -0.15) is 0 Å². The van der Waals surface area contributed by atoms with Gasteiger partial charge < -0.3 is 279 Å². The number of aliphatic hydroxyl groups excluding tert-OH is 33. The highest BCUT2D eigenvalue weighted by Crippen LogP contribution is 2.42. The van der Waals surface area contributed by atoms with E-state index in [1.54, 1.807) is 0 Å². The summed E-state index contributed by atoms with van der Waals surface area (Å²) in [5, 5.41) is 372. The van der Waals surface area contributed by atoms with Crippen molar-refractivity contribution in [3.05, 3.63) is 0 Å². The van der Waals surface area contributed by atoms with E-state index >= 15 is 0 Å². The van der Waals surface area contributed by atoms with Gasteiger partial charge in [0.1, 0.15) is 268 Å². The molecule has 11 saturated heterocycles. The third kappa shape index (κ3) is 22.3. The van der Waals surface area contributed by atoms with Gasteiger partial charge in [-0.05, 0) is 0 Å². The second kappa shape index (κ2) is 45.8. The highest BCUT2D eigenvalue weighted by Gasteiger charge is 2.63. The van der Waals surface area contributed by atoms with Crippen LogP contribution in [0.3, 0.4) is 0 Å². The summed E-state index contributed by atoms with van der Waals surface area (Å²) in [5.41, 5.74) is 0. The lowest BCUT2D eigenvalue weighted by Crippen LogP contribution is -2.70. The monoisotopic (exact) mass is 1880 g/mol. The van der Waals surface area contributed by atoms with E-state index in [9.17, 15) is 178 Å². The highest BCUT2D eigenvalue weighted by molar-refractivity contribution is 5.73. The molecule has 0 aromatic carbocycles. The Labute approximate surface area is 722 Å². The maximum absolute atomic E-state index is 13.0. The van der Waals surface area contributed by atoms with Crippen LogP contribution in [0.15, 0.2) is 0 Å². The molecule has 744 valence electrons. The largest absolute Gasteiger partial charge is 0.394 e. The first kappa shape index (κ1) is 105. The minimum Gasteiger partial charge on any atom is -0.394 e. The maximum atomic E-state index is 13.0. The van der Waals surface area contributed by atoms with Crippen molar-refractivity contribution in [1.82, 2.24) is 10.6 Å². The molecule has 55 atom stereocenters. The fourth-order valence-electron chi connectivity index (χ4n) is 16.6. The number of ether oxygens (including phenoxy) is 21. The number of carbonyl (C=O) groups excluding carboxylic acids is 2. The van der Waals surface area contributed by atoms with Crippen LogP contribution >= 0.6 is 0 Å². The first-order chi connectivity index (χ1) is 60.7. The second-order valence-corrected chi connectivity index (χ2v) is 32.3. The summed E-state index contributed by atoms with van der Waals surface area (Å²) in [7, 11) is 0. The standard InChI is InChI=1S/C70H118N2O56/c1-14(83)71-27-38(94)51(24(11-81)109-60(27)107)120-61-28(72-15(2)84)39(95)52(25(12-82)118-61)121-67-50(106)56(37(93)26(119-67)13-108-62-47(103)53(34(90)21(8-78)110-62)122-63-45(101)40(96)29(85)16(3-73)111-63)125-69-59(44(100)33(89)19(6-76)116-69)128-70-58(43(99)32(88)20(7-77)117-70)127-66-48(104)54(35(91)22(9-79)114-66)123-65-49(105)55(36(92)23(10-80)113-65)124-68-57(42(98)31(87)18(5-75)115-68)126-64-46(102)41(97)30(86)17(4-74)112-64/h16-70,73-82,85-107H,3-13H2,1-2H3,(H,71,83)(H,72,84)/t16-,17-,18-,19-,20-,21-,22-,23-,24-,25-,26-,27+,28-,29-,30-,31-,32-,33-,34-,35-,36-,37-,38-,39-,40+,41+,42+,43+,44+,45+,46-,47+,48+,49-,50+,51-,52-,53+,54+,55+,56+,57-,58+,59+,60?,61+,62+,63-,64-,65-,66-,67+,68-,69-,70-/m1/s1. The first-order valence-electron chi connectivity index (χ1n) is 40.7. The normalized spacial score (nSPS) is 51.7. The lowest BCUT2D eigenvalue weighted by molar-refractivity contribution is -0.413. The van der Waals surface area contributed by atoms with E-state index in [1.807, 2.05) is 0 Å². The number of aliphatic hydroxyl groups is 33. The molecule has 0 radical (unpaired) electrons. The summed E-state index contributed by atoms with van der Waals surface area (Å²) in [6.07, 6.45) is -116. The molecule has 0 aliphatic carbocycles. The maximum Gasteiger partial charge on any atom is 0.217 e. The van der Waals surface area contributed by atoms with Crippen molar-refractivity contribution in [1.29, 1.82) is 0 Å². The summed E-state index contributed by atoms with van der Waals surface area (Å²) in [5.74, 6) is -1.77. The van der Waals surface area contributed by atoms with Crippen molar-refractivity contribution < 1.29 is 278 Å². The molecule has 58 nitrogen and oxygen atoms in total. The summed E-state index contributed by atoms with van der Waals surface area (Å²) in [6, 6.07) is -3.63. The Kier molecular flexibility index (Phi) is 37.7. The Balaban J connectivity index is 0.880. The van der Waals surface area contributed by atoms with Crippen molar-refractivity contribution >= 4 is 11.8 Å². The number of nitrogens with one attached hydrogen (secondary N) is 2. The lowest BCUT2D eigenvalue weighted by Gasteiger charge is -2.51. The Morgan fingerprint density at radius 2 is 0.422 bits per heavy atom. The van der Waals surface area contributed by atoms with Crippen molar-refractivity contribution in [2.75, 3.05) is 72.7 Å². The van der Waals surface area contributed by atoms with Crippen LogP contribution in [0.4, 0.5) is 0 Å².